The van der Waals surface area contributed by atoms with E-state index in [0.717, 1.165) is 5.56 Å². The maximum absolute atomic E-state index is 10.6. The average molecular weight is 220 g/mol. The van der Waals surface area contributed by atoms with Crippen molar-refractivity contribution in [2.45, 2.75) is 13.5 Å². The third-order valence-corrected chi connectivity index (χ3v) is 2.12. The number of nitrogen functional groups attached to an aromatic ring is 1. The number of nitrogens with two attached hydrogens (primary N) is 1. The van der Waals surface area contributed by atoms with E-state index in [4.69, 9.17) is 10.8 Å². The average Bonchev–Trinajstić information content (AvgIpc) is 2.26. The number of aliphatic hydroxyl groups excluding tert-OH is 1. The van der Waals surface area contributed by atoms with Crippen molar-refractivity contribution in [3.8, 4) is 0 Å². The van der Waals surface area contributed by atoms with Gasteiger partial charge in [0.25, 0.3) is 0 Å². The lowest BCUT2D eigenvalue weighted by Gasteiger charge is -2.03. The van der Waals surface area contributed by atoms with Crippen molar-refractivity contribution in [3.05, 3.63) is 35.4 Å². The van der Waals surface area contributed by atoms with Gasteiger partial charge >= 0.3 is 0 Å². The Hall–Kier alpha value is -1.81. The molecule has 0 aliphatic heterocycles. The Morgan fingerprint density at radius 1 is 1.56 bits per heavy atom. The van der Waals surface area contributed by atoms with Crippen LogP contribution in [0.25, 0.3) is 6.08 Å². The Bertz CT molecular complexity index is 400. The highest BCUT2D eigenvalue weighted by molar-refractivity contribution is 5.73. The number of carbonyl (C=O) groups is 1. The topological polar surface area (TPSA) is 75.4 Å². The normalized spacial score (nSPS) is 10.6. The summed E-state index contributed by atoms with van der Waals surface area (Å²) in [5.41, 5.74) is 7.90. The fourth-order valence-corrected chi connectivity index (χ4v) is 1.26. The summed E-state index contributed by atoms with van der Waals surface area (Å²) in [4.78, 5) is 10.6. The fraction of sp³-hybridized carbons (Fsp3) is 0.250. The van der Waals surface area contributed by atoms with Gasteiger partial charge in [0.2, 0.25) is 5.91 Å². The lowest BCUT2D eigenvalue weighted by atomic mass is 10.1. The summed E-state index contributed by atoms with van der Waals surface area (Å²) < 4.78 is 0. The number of aliphatic hydroxyl groups is 1. The van der Waals surface area contributed by atoms with Gasteiger partial charge in [-0.05, 0) is 17.7 Å². The molecule has 0 aromatic heterocycles. The first-order chi connectivity index (χ1) is 7.63. The monoisotopic (exact) mass is 220 g/mol. The van der Waals surface area contributed by atoms with E-state index in [1.807, 2.05) is 24.3 Å². The predicted octanol–water partition coefficient (Wildman–Crippen LogP) is 0.910. The van der Waals surface area contributed by atoms with Crippen LogP contribution in [0.2, 0.25) is 0 Å². The zero-order valence-corrected chi connectivity index (χ0v) is 9.23. The van der Waals surface area contributed by atoms with E-state index in [0.29, 0.717) is 17.8 Å². The minimum atomic E-state index is -0.0702. The van der Waals surface area contributed by atoms with Crippen molar-refractivity contribution in [3.63, 3.8) is 0 Å². The number of hydrogen-bond donors (Lipinski definition) is 3. The molecule has 1 aromatic carbocycles. The molecule has 0 aliphatic carbocycles. The van der Waals surface area contributed by atoms with Crippen LogP contribution in [0.15, 0.2) is 24.3 Å². The molecule has 1 amide bonds. The molecule has 0 heterocycles. The molecule has 0 radical (unpaired) electrons. The second kappa shape index (κ2) is 5.92. The van der Waals surface area contributed by atoms with E-state index in [9.17, 15) is 4.79 Å². The molecule has 1 rings (SSSR count). The first-order valence-electron chi connectivity index (χ1n) is 5.03. The summed E-state index contributed by atoms with van der Waals surface area (Å²) in [5, 5.41) is 11.7. The highest BCUT2D eigenvalue weighted by atomic mass is 16.3. The number of amides is 1. The van der Waals surface area contributed by atoms with Gasteiger partial charge < -0.3 is 16.2 Å². The van der Waals surface area contributed by atoms with Gasteiger partial charge in [-0.2, -0.15) is 0 Å². The number of nitrogens with one attached hydrogen (secondary N) is 1. The summed E-state index contributed by atoms with van der Waals surface area (Å²) >= 11 is 0. The molecule has 0 aliphatic rings. The number of hydrogen-bond acceptors (Lipinski definition) is 3. The van der Waals surface area contributed by atoms with Gasteiger partial charge in [0.05, 0.1) is 6.61 Å². The van der Waals surface area contributed by atoms with Crippen LogP contribution in [-0.4, -0.2) is 17.6 Å². The smallest absolute Gasteiger partial charge is 0.217 e. The van der Waals surface area contributed by atoms with Crippen molar-refractivity contribution in [1.29, 1.82) is 0 Å². The van der Waals surface area contributed by atoms with Gasteiger partial charge in [-0.1, -0.05) is 18.2 Å². The van der Waals surface area contributed by atoms with Crippen molar-refractivity contribution in [2.75, 3.05) is 12.3 Å². The Balaban J connectivity index is 2.63. The number of anilines is 1. The van der Waals surface area contributed by atoms with E-state index in [2.05, 4.69) is 5.32 Å². The standard InChI is InChI=1S/C12H16N2O2/c1-9(16)14-6-2-3-10-4-5-12(13)11(7-10)8-15/h2-5,7,15H,6,8,13H2,1H3,(H,14,16). The molecular formula is C12H16N2O2. The van der Waals surface area contributed by atoms with Crippen LogP contribution in [0.5, 0.6) is 0 Å². The van der Waals surface area contributed by atoms with Gasteiger partial charge in [-0.15, -0.1) is 0 Å². The third-order valence-electron chi connectivity index (χ3n) is 2.12. The first kappa shape index (κ1) is 12.3. The van der Waals surface area contributed by atoms with Crippen molar-refractivity contribution < 1.29 is 9.90 Å². The number of rotatable bonds is 4. The predicted molar refractivity (Wildman–Crippen MR) is 64.5 cm³/mol. The molecule has 16 heavy (non-hydrogen) atoms. The molecular weight excluding hydrogens is 204 g/mol. The van der Waals surface area contributed by atoms with Gasteiger partial charge in [0, 0.05) is 24.7 Å². The van der Waals surface area contributed by atoms with Crippen LogP contribution < -0.4 is 11.1 Å². The molecule has 86 valence electrons. The first-order valence-corrected chi connectivity index (χ1v) is 5.03. The van der Waals surface area contributed by atoms with Crippen molar-refractivity contribution >= 4 is 17.7 Å². The van der Waals surface area contributed by atoms with Crippen molar-refractivity contribution in [2.24, 2.45) is 0 Å². The Kier molecular flexibility index (Phi) is 4.54. The molecule has 0 unspecified atom stereocenters. The summed E-state index contributed by atoms with van der Waals surface area (Å²) in [7, 11) is 0. The SMILES string of the molecule is CC(=O)NCC=Cc1ccc(N)c(CO)c1. The van der Waals surface area contributed by atoms with E-state index >= 15 is 0 Å². The molecule has 4 heteroatoms. The van der Waals surface area contributed by atoms with Crippen LogP contribution in [0.3, 0.4) is 0 Å². The van der Waals surface area contributed by atoms with Crippen LogP contribution >= 0.6 is 0 Å². The largest absolute Gasteiger partial charge is 0.398 e. The van der Waals surface area contributed by atoms with E-state index in [1.54, 1.807) is 6.07 Å². The third kappa shape index (κ3) is 3.74. The van der Waals surface area contributed by atoms with Crippen molar-refractivity contribution in [1.82, 2.24) is 5.32 Å². The number of benzene rings is 1. The zero-order valence-electron chi connectivity index (χ0n) is 9.23. The van der Waals surface area contributed by atoms with Gasteiger partial charge in [0.15, 0.2) is 0 Å². The maximum atomic E-state index is 10.6. The Labute approximate surface area is 94.8 Å². The molecule has 0 atom stereocenters. The fourth-order valence-electron chi connectivity index (χ4n) is 1.26. The molecule has 0 fully saturated rings. The molecule has 0 spiro atoms. The second-order valence-electron chi connectivity index (χ2n) is 3.46. The van der Waals surface area contributed by atoms with Gasteiger partial charge in [-0.25, -0.2) is 0 Å². The summed E-state index contributed by atoms with van der Waals surface area (Å²) in [6.07, 6.45) is 3.71. The van der Waals surface area contributed by atoms with Crippen LogP contribution in [0, 0.1) is 0 Å². The van der Waals surface area contributed by atoms with Gasteiger partial charge in [-0.3, -0.25) is 4.79 Å². The summed E-state index contributed by atoms with van der Waals surface area (Å²) in [6.45, 7) is 1.90. The van der Waals surface area contributed by atoms with Gasteiger partial charge in [0.1, 0.15) is 0 Å². The van der Waals surface area contributed by atoms with E-state index in [1.165, 1.54) is 6.92 Å². The van der Waals surface area contributed by atoms with E-state index in [-0.39, 0.29) is 12.5 Å². The van der Waals surface area contributed by atoms with E-state index < -0.39 is 0 Å². The maximum Gasteiger partial charge on any atom is 0.217 e. The summed E-state index contributed by atoms with van der Waals surface area (Å²) in [6, 6.07) is 5.43. The lowest BCUT2D eigenvalue weighted by molar-refractivity contribution is -0.118. The molecule has 4 N–H and O–H groups in total. The molecule has 1 aromatic rings. The highest BCUT2D eigenvalue weighted by Crippen LogP contribution is 2.14. The molecule has 0 bridgehead atoms. The minimum absolute atomic E-state index is 0.0574. The quantitative estimate of drug-likeness (QED) is 0.660. The Morgan fingerprint density at radius 2 is 2.31 bits per heavy atom. The lowest BCUT2D eigenvalue weighted by Crippen LogP contribution is -2.19. The second-order valence-corrected chi connectivity index (χ2v) is 3.46. The molecule has 4 nitrogen and oxygen atoms in total. The van der Waals surface area contributed by atoms with Crippen LogP contribution in [0.1, 0.15) is 18.1 Å². The van der Waals surface area contributed by atoms with Crippen LogP contribution in [0.4, 0.5) is 5.69 Å². The molecule has 0 saturated heterocycles. The molecule has 0 saturated carbocycles. The minimum Gasteiger partial charge on any atom is -0.398 e. The Morgan fingerprint density at radius 3 is 2.94 bits per heavy atom. The number of carbonyl (C=O) groups excluding carboxylic acids is 1. The zero-order chi connectivity index (χ0) is 12.0. The summed E-state index contributed by atoms with van der Waals surface area (Å²) in [5.74, 6) is -0.0574. The highest BCUT2D eigenvalue weighted by Gasteiger charge is 1.97. The van der Waals surface area contributed by atoms with Crippen LogP contribution in [-0.2, 0) is 11.4 Å².